The zero-order chi connectivity index (χ0) is 23.3. The minimum absolute atomic E-state index is 0.113. The molecule has 1 N–H and O–H groups in total. The smallest absolute Gasteiger partial charge is 0.262 e. The lowest BCUT2D eigenvalue weighted by atomic mass is 9.93. The second-order valence-electron chi connectivity index (χ2n) is 8.88. The molecule has 5 rings (SSSR count). The van der Waals surface area contributed by atoms with Crippen LogP contribution in [0.25, 0.3) is 10.2 Å². The normalized spacial score (nSPS) is 15.4. The Morgan fingerprint density at radius 1 is 1.18 bits per heavy atom. The van der Waals surface area contributed by atoms with Gasteiger partial charge in [-0.05, 0) is 86.0 Å². The van der Waals surface area contributed by atoms with Crippen LogP contribution in [-0.2, 0) is 32.2 Å². The first kappa shape index (κ1) is 22.7. The average molecular weight is 475 g/mol. The third-order valence-corrected chi connectivity index (χ3v) is 7.79. The molecule has 3 heterocycles. The molecule has 0 saturated carbocycles. The highest BCUT2D eigenvalue weighted by Crippen LogP contribution is 2.33. The van der Waals surface area contributed by atoms with E-state index in [4.69, 9.17) is 4.74 Å². The summed E-state index contributed by atoms with van der Waals surface area (Å²) in [6, 6.07) is 12.8. The average Bonchev–Trinajstić information content (AvgIpc) is 3.25. The Kier molecular flexibility index (Phi) is 7.02. The zero-order valence-corrected chi connectivity index (χ0v) is 20.3. The van der Waals surface area contributed by atoms with Gasteiger partial charge in [0.2, 0.25) is 0 Å². The summed E-state index contributed by atoms with van der Waals surface area (Å²) in [4.78, 5) is 24.2. The minimum Gasteiger partial charge on any atom is -0.497 e. The van der Waals surface area contributed by atoms with E-state index >= 15 is 0 Å². The van der Waals surface area contributed by atoms with Crippen molar-refractivity contribution in [1.82, 2.24) is 19.9 Å². The van der Waals surface area contributed by atoms with Gasteiger partial charge in [0.1, 0.15) is 10.6 Å². The molecule has 1 aromatic carbocycles. The highest BCUT2D eigenvalue weighted by atomic mass is 32.1. The van der Waals surface area contributed by atoms with Crippen molar-refractivity contribution >= 4 is 21.6 Å². The van der Waals surface area contributed by atoms with Crippen molar-refractivity contribution in [2.75, 3.05) is 13.7 Å². The fourth-order valence-corrected chi connectivity index (χ4v) is 6.04. The molecule has 34 heavy (non-hydrogen) atoms. The summed E-state index contributed by atoms with van der Waals surface area (Å²) < 4.78 is 7.11. The van der Waals surface area contributed by atoms with Gasteiger partial charge in [0, 0.05) is 29.9 Å². The van der Waals surface area contributed by atoms with Crippen molar-refractivity contribution in [3.05, 3.63) is 87.0 Å². The molecule has 0 fully saturated rings. The Balaban J connectivity index is 1.22. The Morgan fingerprint density at radius 2 is 2.06 bits per heavy atom. The number of nitrogens with one attached hydrogen (secondary N) is 1. The highest BCUT2D eigenvalue weighted by Gasteiger charge is 2.25. The summed E-state index contributed by atoms with van der Waals surface area (Å²) >= 11 is 1.69. The largest absolute Gasteiger partial charge is 0.497 e. The monoisotopic (exact) mass is 474 g/mol. The minimum atomic E-state index is 0.113. The topological polar surface area (TPSA) is 69.0 Å². The van der Waals surface area contributed by atoms with Gasteiger partial charge in [-0.25, -0.2) is 4.98 Å². The molecular weight excluding hydrogens is 444 g/mol. The molecule has 1 atom stereocenters. The van der Waals surface area contributed by atoms with E-state index in [1.807, 2.05) is 36.7 Å². The number of ether oxygens (including phenoxy) is 1. The van der Waals surface area contributed by atoms with Crippen molar-refractivity contribution in [2.24, 2.45) is 0 Å². The predicted octanol–water partition coefficient (Wildman–Crippen LogP) is 4.18. The van der Waals surface area contributed by atoms with E-state index in [0.717, 1.165) is 61.0 Å². The highest BCUT2D eigenvalue weighted by molar-refractivity contribution is 7.18. The summed E-state index contributed by atoms with van der Waals surface area (Å²) in [6.45, 7) is 1.61. The van der Waals surface area contributed by atoms with E-state index < -0.39 is 0 Å². The lowest BCUT2D eigenvalue weighted by Crippen LogP contribution is -2.35. The van der Waals surface area contributed by atoms with Gasteiger partial charge in [0.15, 0.2) is 0 Å². The lowest BCUT2D eigenvalue weighted by molar-refractivity contribution is 0.414. The fraction of sp³-hybridized carbons (Fsp3) is 0.370. The number of benzene rings is 1. The van der Waals surface area contributed by atoms with Crippen molar-refractivity contribution < 1.29 is 4.74 Å². The maximum atomic E-state index is 13.3. The maximum absolute atomic E-state index is 13.3. The van der Waals surface area contributed by atoms with Crippen molar-refractivity contribution in [2.45, 2.75) is 51.1 Å². The molecular formula is C27H30N4O2S. The predicted molar refractivity (Wildman–Crippen MR) is 137 cm³/mol. The quantitative estimate of drug-likeness (QED) is 0.394. The third-order valence-electron chi connectivity index (χ3n) is 6.63. The number of hydrogen-bond donors (Lipinski definition) is 1. The summed E-state index contributed by atoms with van der Waals surface area (Å²) in [7, 11) is 1.70. The van der Waals surface area contributed by atoms with E-state index in [1.165, 1.54) is 21.6 Å². The van der Waals surface area contributed by atoms with Gasteiger partial charge in [-0.2, -0.15) is 0 Å². The van der Waals surface area contributed by atoms with Crippen LogP contribution in [-0.4, -0.2) is 34.2 Å². The Morgan fingerprint density at radius 3 is 2.91 bits per heavy atom. The summed E-state index contributed by atoms with van der Waals surface area (Å²) in [5, 5.41) is 4.57. The first-order valence-electron chi connectivity index (χ1n) is 12.0. The molecule has 176 valence electrons. The third kappa shape index (κ3) is 5.05. The van der Waals surface area contributed by atoms with Gasteiger partial charge in [0.05, 0.1) is 18.8 Å². The van der Waals surface area contributed by atoms with E-state index in [9.17, 15) is 4.79 Å². The van der Waals surface area contributed by atoms with E-state index in [0.29, 0.717) is 12.6 Å². The van der Waals surface area contributed by atoms with Gasteiger partial charge in [0.25, 0.3) is 5.56 Å². The number of fused-ring (bicyclic) bond motifs is 3. The van der Waals surface area contributed by atoms with Crippen LogP contribution in [0.2, 0.25) is 0 Å². The zero-order valence-electron chi connectivity index (χ0n) is 19.5. The van der Waals surface area contributed by atoms with Crippen molar-refractivity contribution in [3.63, 3.8) is 0 Å². The number of aryl methyl sites for hydroxylation is 3. The fourth-order valence-electron chi connectivity index (χ4n) is 4.79. The van der Waals surface area contributed by atoms with Gasteiger partial charge >= 0.3 is 0 Å². The molecule has 1 aliphatic rings. The molecule has 0 bridgehead atoms. The van der Waals surface area contributed by atoms with E-state index in [-0.39, 0.29) is 5.56 Å². The van der Waals surface area contributed by atoms with Gasteiger partial charge < -0.3 is 10.1 Å². The molecule has 0 spiro atoms. The standard InChI is InChI=1S/C27H30N4O2S/c1-33-22-6-2-4-20(16-22)11-14-29-21-7-8-23-24(17-21)34-26-25(23)27(32)31(18-30-26)15-3-5-19-9-12-28-13-10-19/h2,4,6,9-10,12-13,16,18,21,29H,3,5,7-8,11,14-15,17H2,1H3. The van der Waals surface area contributed by atoms with Crippen molar-refractivity contribution in [1.29, 1.82) is 0 Å². The number of hydrogen-bond acceptors (Lipinski definition) is 6. The number of pyridine rings is 1. The Hall–Kier alpha value is -3.03. The first-order chi connectivity index (χ1) is 16.7. The second-order valence-corrected chi connectivity index (χ2v) is 9.97. The van der Waals surface area contributed by atoms with Gasteiger partial charge in [-0.3, -0.25) is 14.3 Å². The molecule has 4 aromatic rings. The number of methoxy groups -OCH3 is 1. The van der Waals surface area contributed by atoms with Crippen LogP contribution < -0.4 is 15.6 Å². The number of thiophene rings is 1. The number of rotatable bonds is 9. The molecule has 0 aliphatic heterocycles. The molecule has 3 aromatic heterocycles. The summed E-state index contributed by atoms with van der Waals surface area (Å²) in [5.41, 5.74) is 3.86. The van der Waals surface area contributed by atoms with E-state index in [2.05, 4.69) is 27.4 Å². The van der Waals surface area contributed by atoms with Crippen LogP contribution in [0.15, 0.2) is 59.9 Å². The molecule has 1 aliphatic carbocycles. The van der Waals surface area contributed by atoms with Crippen LogP contribution in [0.1, 0.15) is 34.4 Å². The Bertz CT molecular complexity index is 1320. The molecule has 6 nitrogen and oxygen atoms in total. The van der Waals surface area contributed by atoms with Crippen LogP contribution in [0.4, 0.5) is 0 Å². The molecule has 1 unspecified atom stereocenters. The maximum Gasteiger partial charge on any atom is 0.262 e. The SMILES string of the molecule is COc1cccc(CCNC2CCc3c(sc4ncn(CCCc5ccncc5)c(=O)c34)C2)c1. The second kappa shape index (κ2) is 10.5. The van der Waals surface area contributed by atoms with E-state index in [1.54, 1.807) is 29.3 Å². The molecule has 0 amide bonds. The first-order valence-corrected chi connectivity index (χ1v) is 12.8. The van der Waals surface area contributed by atoms with Crippen LogP contribution >= 0.6 is 11.3 Å². The van der Waals surface area contributed by atoms with Gasteiger partial charge in [-0.1, -0.05) is 12.1 Å². The molecule has 7 heteroatoms. The van der Waals surface area contributed by atoms with Crippen molar-refractivity contribution in [3.8, 4) is 5.75 Å². The summed E-state index contributed by atoms with van der Waals surface area (Å²) in [5.74, 6) is 0.903. The van der Waals surface area contributed by atoms with Crippen LogP contribution in [0.5, 0.6) is 5.75 Å². The van der Waals surface area contributed by atoms with Gasteiger partial charge in [-0.15, -0.1) is 11.3 Å². The lowest BCUT2D eigenvalue weighted by Gasteiger charge is -2.23. The number of aromatic nitrogens is 3. The van der Waals surface area contributed by atoms with Crippen LogP contribution in [0, 0.1) is 0 Å². The number of nitrogens with zero attached hydrogens (tertiary/aromatic N) is 3. The van der Waals surface area contributed by atoms with Crippen LogP contribution in [0.3, 0.4) is 0 Å². The Labute approximate surface area is 203 Å². The summed E-state index contributed by atoms with van der Waals surface area (Å²) in [6.07, 6.45) is 11.1. The molecule has 0 saturated heterocycles. The molecule has 0 radical (unpaired) electrons.